The summed E-state index contributed by atoms with van der Waals surface area (Å²) in [5, 5.41) is 0. The van der Waals surface area contributed by atoms with Gasteiger partial charge in [-0.25, -0.2) is 8.78 Å². The second-order valence-corrected chi connectivity index (χ2v) is 5.74. The van der Waals surface area contributed by atoms with Crippen molar-refractivity contribution in [2.45, 2.75) is 6.92 Å². The van der Waals surface area contributed by atoms with Crippen molar-refractivity contribution in [2.24, 2.45) is 0 Å². The van der Waals surface area contributed by atoms with Crippen LogP contribution in [0.25, 0.3) is 0 Å². The highest BCUT2D eigenvalue weighted by Crippen LogP contribution is 2.22. The van der Waals surface area contributed by atoms with Crippen molar-refractivity contribution < 1.29 is 13.6 Å². The van der Waals surface area contributed by atoms with Gasteiger partial charge in [-0.05, 0) is 31.2 Å². The van der Waals surface area contributed by atoms with E-state index in [-0.39, 0.29) is 5.91 Å². The maximum absolute atomic E-state index is 13.8. The third kappa shape index (κ3) is 3.33. The molecule has 2 aromatic rings. The molecule has 1 heterocycles. The van der Waals surface area contributed by atoms with Crippen molar-refractivity contribution in [1.82, 2.24) is 4.90 Å². The minimum absolute atomic E-state index is 0.00997. The monoisotopic (exact) mass is 316 g/mol. The number of rotatable bonds is 2. The van der Waals surface area contributed by atoms with Gasteiger partial charge in [-0.3, -0.25) is 4.79 Å². The predicted molar refractivity (Wildman–Crippen MR) is 85.7 cm³/mol. The lowest BCUT2D eigenvalue weighted by atomic mass is 10.1. The number of carbonyl (C=O) groups excluding carboxylic acids is 1. The molecular weight excluding hydrogens is 298 g/mol. The van der Waals surface area contributed by atoms with Crippen molar-refractivity contribution in [3.05, 3.63) is 65.2 Å². The molecule has 3 rings (SSSR count). The van der Waals surface area contributed by atoms with Crippen LogP contribution < -0.4 is 4.90 Å². The lowest BCUT2D eigenvalue weighted by Crippen LogP contribution is -2.49. The van der Waals surface area contributed by atoms with Crippen LogP contribution in [0.3, 0.4) is 0 Å². The first-order valence-electron chi connectivity index (χ1n) is 7.60. The Hall–Kier alpha value is -2.43. The molecule has 0 N–H and O–H groups in total. The fourth-order valence-corrected chi connectivity index (χ4v) is 2.77. The summed E-state index contributed by atoms with van der Waals surface area (Å²) in [6.07, 6.45) is 0. The summed E-state index contributed by atoms with van der Waals surface area (Å²) in [6, 6.07) is 11.1. The van der Waals surface area contributed by atoms with Crippen LogP contribution in [0, 0.1) is 18.6 Å². The smallest absolute Gasteiger partial charge is 0.253 e. The average molecular weight is 316 g/mol. The predicted octanol–water partition coefficient (Wildman–Crippen LogP) is 3.24. The van der Waals surface area contributed by atoms with Crippen molar-refractivity contribution >= 4 is 11.6 Å². The molecule has 120 valence electrons. The number of halogens is 2. The van der Waals surface area contributed by atoms with E-state index in [1.807, 2.05) is 36.1 Å². The Morgan fingerprint density at radius 1 is 0.957 bits per heavy atom. The Bertz CT molecular complexity index is 707. The van der Waals surface area contributed by atoms with Gasteiger partial charge in [0.15, 0.2) is 0 Å². The van der Waals surface area contributed by atoms with E-state index in [4.69, 9.17) is 0 Å². The van der Waals surface area contributed by atoms with E-state index in [1.165, 1.54) is 12.1 Å². The third-order valence-corrected chi connectivity index (χ3v) is 4.12. The van der Waals surface area contributed by atoms with Crippen LogP contribution in [0.4, 0.5) is 14.5 Å². The molecule has 0 spiro atoms. The van der Waals surface area contributed by atoms with E-state index in [2.05, 4.69) is 0 Å². The van der Waals surface area contributed by atoms with Gasteiger partial charge in [0.1, 0.15) is 11.6 Å². The van der Waals surface area contributed by atoms with Crippen molar-refractivity contribution in [3.63, 3.8) is 0 Å². The molecule has 0 aliphatic carbocycles. The van der Waals surface area contributed by atoms with Gasteiger partial charge in [0.2, 0.25) is 0 Å². The number of amides is 1. The molecule has 2 aromatic carbocycles. The summed E-state index contributed by atoms with van der Waals surface area (Å²) >= 11 is 0. The van der Waals surface area contributed by atoms with Crippen molar-refractivity contribution in [3.8, 4) is 0 Å². The lowest BCUT2D eigenvalue weighted by molar-refractivity contribution is 0.0746. The SMILES string of the molecule is Cc1ccc(C(=O)N2CCN(c3ccc(F)cc3F)CC2)cc1. The highest BCUT2D eigenvalue weighted by Gasteiger charge is 2.23. The molecule has 23 heavy (non-hydrogen) atoms. The molecule has 1 saturated heterocycles. The van der Waals surface area contributed by atoms with Crippen molar-refractivity contribution in [2.75, 3.05) is 31.1 Å². The number of hydrogen-bond acceptors (Lipinski definition) is 2. The lowest BCUT2D eigenvalue weighted by Gasteiger charge is -2.36. The molecule has 0 saturated carbocycles. The van der Waals surface area contributed by atoms with Crippen LogP contribution in [-0.2, 0) is 0 Å². The molecule has 0 bridgehead atoms. The van der Waals surface area contributed by atoms with Crippen LogP contribution >= 0.6 is 0 Å². The molecule has 0 radical (unpaired) electrons. The van der Waals surface area contributed by atoms with Gasteiger partial charge in [-0.1, -0.05) is 17.7 Å². The summed E-state index contributed by atoms with van der Waals surface area (Å²) in [5.74, 6) is -1.16. The highest BCUT2D eigenvalue weighted by atomic mass is 19.1. The van der Waals surface area contributed by atoms with E-state index in [1.54, 1.807) is 4.90 Å². The molecule has 1 aliphatic heterocycles. The van der Waals surface area contributed by atoms with Gasteiger partial charge in [-0.15, -0.1) is 0 Å². The minimum Gasteiger partial charge on any atom is -0.366 e. The second kappa shape index (κ2) is 6.36. The van der Waals surface area contributed by atoms with Crippen LogP contribution in [0.2, 0.25) is 0 Å². The van der Waals surface area contributed by atoms with Gasteiger partial charge in [0.05, 0.1) is 5.69 Å². The maximum Gasteiger partial charge on any atom is 0.253 e. The Kier molecular flexibility index (Phi) is 4.28. The molecule has 3 nitrogen and oxygen atoms in total. The molecule has 0 atom stereocenters. The largest absolute Gasteiger partial charge is 0.366 e. The Labute approximate surface area is 134 Å². The standard InChI is InChI=1S/C18H18F2N2O/c1-13-2-4-14(5-3-13)18(23)22-10-8-21(9-11-22)17-7-6-15(19)12-16(17)20/h2-7,12H,8-11H2,1H3. The van der Waals surface area contributed by atoms with E-state index in [0.29, 0.717) is 37.4 Å². The Morgan fingerprint density at radius 3 is 2.22 bits per heavy atom. The Balaban J connectivity index is 1.66. The van der Waals surface area contributed by atoms with Gasteiger partial charge in [-0.2, -0.15) is 0 Å². The first kappa shape index (κ1) is 15.5. The van der Waals surface area contributed by atoms with Crippen LogP contribution in [0.5, 0.6) is 0 Å². The molecule has 0 unspecified atom stereocenters. The quantitative estimate of drug-likeness (QED) is 0.849. The average Bonchev–Trinajstić information content (AvgIpc) is 2.55. The summed E-state index contributed by atoms with van der Waals surface area (Å²) in [7, 11) is 0. The number of carbonyl (C=O) groups is 1. The number of anilines is 1. The van der Waals surface area contributed by atoms with Gasteiger partial charge in [0, 0.05) is 37.8 Å². The second-order valence-electron chi connectivity index (χ2n) is 5.74. The molecular formula is C18H18F2N2O. The molecule has 1 aliphatic rings. The topological polar surface area (TPSA) is 23.6 Å². The molecule has 5 heteroatoms. The van der Waals surface area contributed by atoms with E-state index in [9.17, 15) is 13.6 Å². The van der Waals surface area contributed by atoms with Gasteiger partial charge < -0.3 is 9.80 Å². The maximum atomic E-state index is 13.8. The number of hydrogen-bond donors (Lipinski definition) is 0. The van der Waals surface area contributed by atoms with Crippen LogP contribution in [0.15, 0.2) is 42.5 Å². The highest BCUT2D eigenvalue weighted by molar-refractivity contribution is 5.94. The van der Waals surface area contributed by atoms with Crippen LogP contribution in [-0.4, -0.2) is 37.0 Å². The summed E-state index contributed by atoms with van der Waals surface area (Å²) in [6.45, 7) is 4.07. The summed E-state index contributed by atoms with van der Waals surface area (Å²) < 4.78 is 26.8. The van der Waals surface area contributed by atoms with E-state index < -0.39 is 11.6 Å². The number of benzene rings is 2. The summed E-state index contributed by atoms with van der Waals surface area (Å²) in [4.78, 5) is 16.1. The minimum atomic E-state index is -0.584. The zero-order valence-electron chi connectivity index (χ0n) is 12.9. The Morgan fingerprint density at radius 2 is 1.61 bits per heavy atom. The fourth-order valence-electron chi connectivity index (χ4n) is 2.77. The van der Waals surface area contributed by atoms with E-state index in [0.717, 1.165) is 11.6 Å². The zero-order valence-corrected chi connectivity index (χ0v) is 12.9. The van der Waals surface area contributed by atoms with Crippen LogP contribution in [0.1, 0.15) is 15.9 Å². The summed E-state index contributed by atoms with van der Waals surface area (Å²) in [5.41, 5.74) is 2.16. The molecule has 1 amide bonds. The number of nitrogens with zero attached hydrogens (tertiary/aromatic N) is 2. The van der Waals surface area contributed by atoms with Crippen molar-refractivity contribution in [1.29, 1.82) is 0 Å². The number of aryl methyl sites for hydroxylation is 1. The third-order valence-electron chi connectivity index (χ3n) is 4.12. The normalized spacial score (nSPS) is 14.9. The zero-order chi connectivity index (χ0) is 16.4. The first-order chi connectivity index (χ1) is 11.0. The van der Waals surface area contributed by atoms with Gasteiger partial charge in [0.25, 0.3) is 5.91 Å². The first-order valence-corrected chi connectivity index (χ1v) is 7.60. The fraction of sp³-hybridized carbons (Fsp3) is 0.278. The molecule has 1 fully saturated rings. The van der Waals surface area contributed by atoms with E-state index >= 15 is 0 Å². The molecule has 0 aromatic heterocycles. The van der Waals surface area contributed by atoms with Gasteiger partial charge >= 0.3 is 0 Å². The number of piperazine rings is 1.